The number of carbonyl (C=O) groups is 2. The summed E-state index contributed by atoms with van der Waals surface area (Å²) in [6.07, 6.45) is 0.677. The van der Waals surface area contributed by atoms with E-state index in [0.29, 0.717) is 52.2 Å². The van der Waals surface area contributed by atoms with Crippen molar-refractivity contribution < 1.29 is 33.6 Å². The number of benzene rings is 1. The second-order valence-electron chi connectivity index (χ2n) is 10.9. The van der Waals surface area contributed by atoms with Crippen LogP contribution in [0.3, 0.4) is 0 Å². The molecule has 0 spiro atoms. The molecule has 2 N–H and O–H groups in total. The topological polar surface area (TPSA) is 138 Å². The number of aliphatic hydroxyl groups excluding tert-OH is 1. The molecule has 11 nitrogen and oxygen atoms in total. The van der Waals surface area contributed by atoms with Gasteiger partial charge in [-0.2, -0.15) is 0 Å². The van der Waals surface area contributed by atoms with Crippen LogP contribution in [-0.4, -0.2) is 46.5 Å². The van der Waals surface area contributed by atoms with Gasteiger partial charge in [0, 0.05) is 35.3 Å². The molecule has 212 valence electrons. The largest absolute Gasteiger partial charge is 0.453 e. The lowest BCUT2D eigenvalue weighted by molar-refractivity contribution is -0.115. The SMILES string of the molecule is CCCCc1c2c(nc3cc4c(c(NC(=O)OC(C)(C)C)c13)OCO4)-c1cc(C(O)C=O)c(COC)c(=O)n1C2. The zero-order valence-corrected chi connectivity index (χ0v) is 23.3. The number of aliphatic hydroxyl groups is 1. The first-order valence-electron chi connectivity index (χ1n) is 13.2. The average molecular weight is 552 g/mol. The molecule has 11 heteroatoms. The summed E-state index contributed by atoms with van der Waals surface area (Å²) in [7, 11) is 1.45. The first-order chi connectivity index (χ1) is 19.1. The molecule has 1 amide bonds. The number of ether oxygens (including phenoxy) is 4. The van der Waals surface area contributed by atoms with Gasteiger partial charge in [-0.05, 0) is 45.2 Å². The quantitative estimate of drug-likeness (QED) is 0.308. The number of pyridine rings is 2. The summed E-state index contributed by atoms with van der Waals surface area (Å²) in [5, 5.41) is 14.0. The third-order valence-electron chi connectivity index (χ3n) is 6.96. The summed E-state index contributed by atoms with van der Waals surface area (Å²) in [6, 6.07) is 3.39. The Morgan fingerprint density at radius 3 is 2.73 bits per heavy atom. The highest BCUT2D eigenvalue weighted by molar-refractivity contribution is 6.06. The van der Waals surface area contributed by atoms with E-state index in [1.807, 2.05) is 0 Å². The number of methoxy groups -OCH3 is 1. The van der Waals surface area contributed by atoms with Crippen molar-refractivity contribution in [3.63, 3.8) is 0 Å². The summed E-state index contributed by atoms with van der Waals surface area (Å²) in [5.41, 5.74) is 3.08. The summed E-state index contributed by atoms with van der Waals surface area (Å²) in [5.74, 6) is 0.819. The maximum atomic E-state index is 13.6. The number of aromatic nitrogens is 2. The number of amides is 1. The predicted octanol–water partition coefficient (Wildman–Crippen LogP) is 4.22. The predicted molar refractivity (Wildman–Crippen MR) is 147 cm³/mol. The number of aldehydes is 1. The molecule has 0 saturated carbocycles. The van der Waals surface area contributed by atoms with Crippen LogP contribution in [0, 0.1) is 0 Å². The highest BCUT2D eigenvalue weighted by Crippen LogP contribution is 2.48. The molecular weight excluding hydrogens is 518 g/mol. The smallest absolute Gasteiger partial charge is 0.412 e. The Morgan fingerprint density at radius 2 is 2.05 bits per heavy atom. The van der Waals surface area contributed by atoms with Crippen molar-refractivity contribution in [3.8, 4) is 22.9 Å². The van der Waals surface area contributed by atoms with Gasteiger partial charge in [0.25, 0.3) is 5.56 Å². The number of nitrogens with zero attached hydrogens (tertiary/aromatic N) is 2. The lowest BCUT2D eigenvalue weighted by Crippen LogP contribution is -2.27. The molecule has 2 aliphatic heterocycles. The van der Waals surface area contributed by atoms with Crippen molar-refractivity contribution in [2.24, 2.45) is 0 Å². The molecule has 1 aromatic carbocycles. The van der Waals surface area contributed by atoms with Crippen LogP contribution in [0.5, 0.6) is 11.5 Å². The second kappa shape index (κ2) is 10.5. The molecule has 0 aliphatic carbocycles. The number of aryl methyl sites for hydroxylation is 1. The average Bonchev–Trinajstić information content (AvgIpc) is 3.51. The molecule has 0 fully saturated rings. The third kappa shape index (κ3) is 4.79. The molecule has 0 saturated heterocycles. The summed E-state index contributed by atoms with van der Waals surface area (Å²) < 4.78 is 23.8. The number of rotatable bonds is 8. The lowest BCUT2D eigenvalue weighted by atomic mass is 9.94. The van der Waals surface area contributed by atoms with Crippen LogP contribution in [0.2, 0.25) is 0 Å². The van der Waals surface area contributed by atoms with E-state index in [9.17, 15) is 19.5 Å². The Kier molecular flexibility index (Phi) is 7.28. The molecule has 3 aromatic rings. The third-order valence-corrected chi connectivity index (χ3v) is 6.96. The zero-order chi connectivity index (χ0) is 28.8. The van der Waals surface area contributed by atoms with Crippen LogP contribution < -0.4 is 20.3 Å². The van der Waals surface area contributed by atoms with Gasteiger partial charge in [-0.3, -0.25) is 10.1 Å². The van der Waals surface area contributed by atoms with E-state index in [4.69, 9.17) is 23.9 Å². The van der Waals surface area contributed by atoms with Gasteiger partial charge in [-0.15, -0.1) is 0 Å². The van der Waals surface area contributed by atoms with E-state index in [0.717, 1.165) is 24.0 Å². The van der Waals surface area contributed by atoms with Crippen LogP contribution in [-0.2, 0) is 33.8 Å². The van der Waals surface area contributed by atoms with Gasteiger partial charge in [-0.1, -0.05) is 13.3 Å². The standard InChI is InChI=1S/C29H33N3O8/c1-6-7-8-15-17-11-32-20(9-16(21(34)12-33)18(13-37-5)27(32)35)24(17)30-19-10-22-26(39-14-38-22)25(23(15)19)31-28(36)40-29(2,3)4/h9-10,12,21,34H,6-8,11,13-14H2,1-5H3,(H,31,36). The minimum atomic E-state index is -1.48. The maximum Gasteiger partial charge on any atom is 0.412 e. The number of fused-ring (bicyclic) bond motifs is 5. The first kappa shape index (κ1) is 27.6. The van der Waals surface area contributed by atoms with Gasteiger partial charge in [0.2, 0.25) is 6.79 Å². The highest BCUT2D eigenvalue weighted by Gasteiger charge is 2.33. The normalized spacial score (nSPS) is 14.2. The lowest BCUT2D eigenvalue weighted by Gasteiger charge is -2.21. The Labute approximate surface area is 231 Å². The Balaban J connectivity index is 1.78. The van der Waals surface area contributed by atoms with E-state index in [-0.39, 0.29) is 36.6 Å². The molecule has 0 bridgehead atoms. The Bertz CT molecular complexity index is 1570. The number of hydrogen-bond acceptors (Lipinski definition) is 9. The van der Waals surface area contributed by atoms with Gasteiger partial charge >= 0.3 is 6.09 Å². The van der Waals surface area contributed by atoms with E-state index in [1.165, 1.54) is 7.11 Å². The second-order valence-corrected chi connectivity index (χ2v) is 10.9. The number of hydrogen-bond donors (Lipinski definition) is 2. The molecule has 1 atom stereocenters. The number of nitrogens with one attached hydrogen (secondary N) is 1. The van der Waals surface area contributed by atoms with Gasteiger partial charge in [0.15, 0.2) is 17.8 Å². The van der Waals surface area contributed by atoms with Gasteiger partial charge in [0.1, 0.15) is 17.4 Å². The molecule has 0 radical (unpaired) electrons. The number of anilines is 1. The highest BCUT2D eigenvalue weighted by atomic mass is 16.7. The minimum Gasteiger partial charge on any atom is -0.453 e. The zero-order valence-electron chi connectivity index (χ0n) is 23.3. The fraction of sp³-hybridized carbons (Fsp3) is 0.448. The number of carbonyl (C=O) groups excluding carboxylic acids is 2. The van der Waals surface area contributed by atoms with Crippen molar-refractivity contribution in [2.75, 3.05) is 19.2 Å². The Morgan fingerprint density at radius 1 is 1.27 bits per heavy atom. The van der Waals surface area contributed by atoms with Gasteiger partial charge < -0.3 is 33.4 Å². The van der Waals surface area contributed by atoms with Crippen LogP contribution >= 0.6 is 0 Å². The molecule has 4 heterocycles. The van der Waals surface area contributed by atoms with Crippen molar-refractivity contribution in [3.05, 3.63) is 44.7 Å². The van der Waals surface area contributed by atoms with E-state index in [2.05, 4.69) is 12.2 Å². The van der Waals surface area contributed by atoms with Crippen LogP contribution in [0.1, 0.15) is 68.9 Å². The van der Waals surface area contributed by atoms with Gasteiger partial charge in [-0.25, -0.2) is 9.78 Å². The number of unbranched alkanes of at least 4 members (excludes halogenated alkanes) is 1. The fourth-order valence-corrected chi connectivity index (χ4v) is 5.29. The fourth-order valence-electron chi connectivity index (χ4n) is 5.29. The molecule has 1 unspecified atom stereocenters. The van der Waals surface area contributed by atoms with Crippen molar-refractivity contribution in [1.29, 1.82) is 0 Å². The van der Waals surface area contributed by atoms with Crippen LogP contribution in [0.4, 0.5) is 10.5 Å². The van der Waals surface area contributed by atoms with Crippen molar-refractivity contribution in [2.45, 2.75) is 71.8 Å². The van der Waals surface area contributed by atoms with E-state index >= 15 is 0 Å². The maximum absolute atomic E-state index is 13.6. The summed E-state index contributed by atoms with van der Waals surface area (Å²) in [6.45, 7) is 7.60. The van der Waals surface area contributed by atoms with Gasteiger partial charge in [0.05, 0.1) is 30.1 Å². The van der Waals surface area contributed by atoms with E-state index < -0.39 is 17.8 Å². The van der Waals surface area contributed by atoms with Crippen LogP contribution in [0.25, 0.3) is 22.3 Å². The summed E-state index contributed by atoms with van der Waals surface area (Å²) >= 11 is 0. The first-order valence-corrected chi connectivity index (χ1v) is 13.2. The van der Waals surface area contributed by atoms with Crippen molar-refractivity contribution >= 4 is 29.0 Å². The monoisotopic (exact) mass is 551 g/mol. The minimum absolute atomic E-state index is 0.00783. The molecule has 40 heavy (non-hydrogen) atoms. The summed E-state index contributed by atoms with van der Waals surface area (Å²) in [4.78, 5) is 43.0. The van der Waals surface area contributed by atoms with E-state index in [1.54, 1.807) is 37.5 Å². The molecule has 2 aromatic heterocycles. The molecular formula is C29H33N3O8. The molecule has 2 aliphatic rings. The molecule has 5 rings (SSSR count). The Hall–Kier alpha value is -3.96. The van der Waals surface area contributed by atoms with Crippen molar-refractivity contribution in [1.82, 2.24) is 9.55 Å². The van der Waals surface area contributed by atoms with Crippen LogP contribution in [0.15, 0.2) is 16.9 Å².